The van der Waals surface area contributed by atoms with Gasteiger partial charge in [0.05, 0.1) is 6.42 Å². The normalized spacial score (nSPS) is 21.1. The molecule has 5 rings (SSSR count). The molecule has 1 aliphatic heterocycles. The molecule has 0 bridgehead atoms. The number of phenols is 5. The summed E-state index contributed by atoms with van der Waals surface area (Å²) in [4.78, 5) is 25.8. The van der Waals surface area contributed by atoms with Crippen LogP contribution < -0.4 is 4.74 Å². The van der Waals surface area contributed by atoms with E-state index < -0.39 is 41.1 Å². The summed E-state index contributed by atoms with van der Waals surface area (Å²) in [6.07, 6.45) is 2.83. The zero-order valence-corrected chi connectivity index (χ0v) is 29.5. The van der Waals surface area contributed by atoms with Crippen LogP contribution in [-0.4, -0.2) is 47.3 Å². The molecule has 0 saturated heterocycles. The van der Waals surface area contributed by atoms with E-state index in [2.05, 4.69) is 0 Å². The van der Waals surface area contributed by atoms with E-state index in [0.717, 1.165) is 22.8 Å². The van der Waals surface area contributed by atoms with Gasteiger partial charge in [-0.25, -0.2) is 0 Å². The number of hydrogen-bond acceptors (Lipinski definition) is 10. The molecule has 0 radical (unpaired) electrons. The number of aliphatic hydroxyl groups is 2. The highest BCUT2D eigenvalue weighted by atomic mass is 16.5. The van der Waals surface area contributed by atoms with Crippen LogP contribution in [0.1, 0.15) is 104 Å². The van der Waals surface area contributed by atoms with Gasteiger partial charge in [0.15, 0.2) is 11.6 Å². The minimum Gasteiger partial charge on any atom is -0.512 e. The molecule has 3 aromatic carbocycles. The first-order valence-corrected chi connectivity index (χ1v) is 16.7. The lowest BCUT2D eigenvalue weighted by Gasteiger charge is -2.38. The summed E-state index contributed by atoms with van der Waals surface area (Å²) in [6, 6.07) is 10.1. The Morgan fingerprint density at radius 2 is 1.57 bits per heavy atom. The smallest absolute Gasteiger partial charge is 0.174 e. The highest BCUT2D eigenvalue weighted by Gasteiger charge is 2.42. The Bertz CT molecular complexity index is 2020. The van der Waals surface area contributed by atoms with Gasteiger partial charge in [0, 0.05) is 46.2 Å². The molecule has 10 nitrogen and oxygen atoms in total. The number of benzene rings is 3. The van der Waals surface area contributed by atoms with E-state index in [-0.39, 0.29) is 81.0 Å². The third-order valence-electron chi connectivity index (χ3n) is 9.71. The van der Waals surface area contributed by atoms with Crippen molar-refractivity contribution >= 4 is 11.6 Å². The number of aryl methyl sites for hydroxylation is 1. The molecule has 268 valence electrons. The minimum absolute atomic E-state index is 0.0141. The largest absolute Gasteiger partial charge is 0.512 e. The van der Waals surface area contributed by atoms with E-state index in [9.17, 15) is 45.3 Å². The van der Waals surface area contributed by atoms with E-state index in [0.29, 0.717) is 12.0 Å². The maximum Gasteiger partial charge on any atom is 0.174 e. The first kappa shape index (κ1) is 36.6. The lowest BCUT2D eigenvalue weighted by molar-refractivity contribution is -0.113. The van der Waals surface area contributed by atoms with E-state index in [1.54, 1.807) is 18.2 Å². The Morgan fingerprint density at radius 1 is 0.882 bits per heavy atom. The SMILES string of the molecule is CC(=O)C(CC=C(C)C)=C(O)C(C)=C(O)C1C(c2c(O)ccc(C3CC(=O)c4c(O)cc(O)cc4O3)c2O)C=C(C)CC1c1cc(C)cc(O)c1. The summed E-state index contributed by atoms with van der Waals surface area (Å²) in [5.74, 6) is -5.44. The van der Waals surface area contributed by atoms with Crippen molar-refractivity contribution in [3.8, 4) is 34.5 Å². The number of hydrogen-bond donors (Lipinski definition) is 7. The summed E-state index contributed by atoms with van der Waals surface area (Å²) in [6.45, 7) is 10.3. The number of phenolic OH excluding ortho intramolecular Hbond substituents is 5. The molecule has 7 N–H and O–H groups in total. The Morgan fingerprint density at radius 3 is 2.22 bits per heavy atom. The van der Waals surface area contributed by atoms with Crippen LogP contribution in [0.15, 0.2) is 88.4 Å². The summed E-state index contributed by atoms with van der Waals surface area (Å²) in [7, 11) is 0. The predicted octanol–water partition coefficient (Wildman–Crippen LogP) is 8.65. The zero-order chi connectivity index (χ0) is 37.5. The minimum atomic E-state index is -1.06. The third-order valence-corrected chi connectivity index (χ3v) is 9.71. The van der Waals surface area contributed by atoms with E-state index in [4.69, 9.17) is 4.74 Å². The van der Waals surface area contributed by atoms with Crippen LogP contribution in [-0.2, 0) is 4.79 Å². The zero-order valence-electron chi connectivity index (χ0n) is 29.5. The van der Waals surface area contributed by atoms with Gasteiger partial charge < -0.3 is 40.5 Å². The number of Topliss-reactive ketones (excluding diaryl/α,β-unsaturated/α-hetero) is 2. The standard InChI is InChI=1S/C41H44O10/c1-19(2)7-8-27(23(6)42)39(48)22(5)40(49)36-29(24-11-20(3)12-25(43)15-24)13-21(4)14-30(36)37-31(45)10-9-28(41(37)50)34-18-33(47)38-32(46)16-26(44)17-35(38)51-34/h7,9-12,14-17,29-30,34,36,43-46,48-50H,8,13,18H2,1-6H3. The van der Waals surface area contributed by atoms with Crippen molar-refractivity contribution < 1.29 is 50.1 Å². The molecule has 0 spiro atoms. The van der Waals surface area contributed by atoms with Gasteiger partial charge in [-0.1, -0.05) is 29.4 Å². The van der Waals surface area contributed by atoms with Gasteiger partial charge in [0.25, 0.3) is 0 Å². The number of ketones is 2. The van der Waals surface area contributed by atoms with Crippen LogP contribution in [0.3, 0.4) is 0 Å². The number of carbonyl (C=O) groups is 2. The van der Waals surface area contributed by atoms with E-state index in [1.807, 2.05) is 39.8 Å². The molecule has 3 aromatic rings. The number of aromatic hydroxyl groups is 5. The van der Waals surface area contributed by atoms with Crippen LogP contribution in [0.2, 0.25) is 0 Å². The van der Waals surface area contributed by atoms with Crippen molar-refractivity contribution in [1.82, 2.24) is 0 Å². The van der Waals surface area contributed by atoms with E-state index in [1.165, 1.54) is 32.0 Å². The van der Waals surface area contributed by atoms with Crippen molar-refractivity contribution in [2.75, 3.05) is 0 Å². The number of fused-ring (bicyclic) bond motifs is 1. The molecule has 10 heteroatoms. The number of allylic oxidation sites excluding steroid dienone is 7. The fourth-order valence-corrected chi connectivity index (χ4v) is 7.27. The summed E-state index contributed by atoms with van der Waals surface area (Å²) in [5, 5.41) is 77.9. The summed E-state index contributed by atoms with van der Waals surface area (Å²) < 4.78 is 6.02. The van der Waals surface area contributed by atoms with Crippen LogP contribution in [0.25, 0.3) is 0 Å². The molecule has 1 aliphatic carbocycles. The Hall–Kier alpha value is -5.64. The fraction of sp³-hybridized carbons (Fsp3) is 0.317. The Balaban J connectivity index is 1.72. The molecule has 0 amide bonds. The number of aliphatic hydroxyl groups excluding tert-OH is 2. The lowest BCUT2D eigenvalue weighted by Crippen LogP contribution is -2.28. The predicted molar refractivity (Wildman–Crippen MR) is 192 cm³/mol. The van der Waals surface area contributed by atoms with Crippen LogP contribution in [0, 0.1) is 12.8 Å². The van der Waals surface area contributed by atoms with Crippen molar-refractivity contribution in [2.24, 2.45) is 5.92 Å². The first-order valence-electron chi connectivity index (χ1n) is 16.7. The fourth-order valence-electron chi connectivity index (χ4n) is 7.27. The number of carbonyl (C=O) groups excluding carboxylic acids is 2. The van der Waals surface area contributed by atoms with Crippen LogP contribution >= 0.6 is 0 Å². The highest BCUT2D eigenvalue weighted by molar-refractivity contribution is 6.02. The monoisotopic (exact) mass is 696 g/mol. The number of ether oxygens (including phenoxy) is 1. The molecular formula is C41H44O10. The highest BCUT2D eigenvalue weighted by Crippen LogP contribution is 2.54. The average molecular weight is 697 g/mol. The molecule has 1 heterocycles. The van der Waals surface area contributed by atoms with Crippen LogP contribution in [0.5, 0.6) is 34.5 Å². The van der Waals surface area contributed by atoms with Crippen molar-refractivity contribution in [3.63, 3.8) is 0 Å². The number of rotatable bonds is 8. The maximum atomic E-state index is 13.2. The molecule has 2 aliphatic rings. The van der Waals surface area contributed by atoms with Crippen molar-refractivity contribution in [2.45, 2.75) is 78.7 Å². The van der Waals surface area contributed by atoms with Crippen molar-refractivity contribution in [3.05, 3.63) is 116 Å². The Labute approximate surface area is 296 Å². The Kier molecular flexibility index (Phi) is 10.3. The molecule has 0 fully saturated rings. The summed E-state index contributed by atoms with van der Waals surface area (Å²) in [5.41, 5.74) is 3.45. The van der Waals surface area contributed by atoms with Gasteiger partial charge in [0.2, 0.25) is 0 Å². The molecule has 0 aromatic heterocycles. The molecule has 51 heavy (non-hydrogen) atoms. The quantitative estimate of drug-likeness (QED) is 0.0520. The first-order chi connectivity index (χ1) is 24.0. The van der Waals surface area contributed by atoms with Gasteiger partial charge in [-0.2, -0.15) is 0 Å². The lowest BCUT2D eigenvalue weighted by atomic mass is 9.66. The van der Waals surface area contributed by atoms with Gasteiger partial charge in [0.1, 0.15) is 57.7 Å². The second-order valence-electron chi connectivity index (χ2n) is 13.9. The van der Waals surface area contributed by atoms with Crippen LogP contribution in [0.4, 0.5) is 0 Å². The van der Waals surface area contributed by atoms with Gasteiger partial charge in [-0.15, -0.1) is 0 Å². The average Bonchev–Trinajstić information content (AvgIpc) is 3.02. The molecular weight excluding hydrogens is 652 g/mol. The third kappa shape index (κ3) is 7.31. The second kappa shape index (κ2) is 14.3. The van der Waals surface area contributed by atoms with Crippen molar-refractivity contribution in [1.29, 1.82) is 0 Å². The van der Waals surface area contributed by atoms with E-state index >= 15 is 0 Å². The summed E-state index contributed by atoms with van der Waals surface area (Å²) >= 11 is 0. The van der Waals surface area contributed by atoms with Gasteiger partial charge >= 0.3 is 0 Å². The van der Waals surface area contributed by atoms with Gasteiger partial charge in [-0.3, -0.25) is 9.59 Å². The maximum absolute atomic E-state index is 13.2. The molecule has 4 unspecified atom stereocenters. The topological polar surface area (TPSA) is 185 Å². The van der Waals surface area contributed by atoms with Gasteiger partial charge in [-0.05, 0) is 95.7 Å². The second-order valence-corrected chi connectivity index (χ2v) is 13.9. The molecule has 0 saturated carbocycles. The molecule has 4 atom stereocenters.